The summed E-state index contributed by atoms with van der Waals surface area (Å²) in [5, 5.41) is 6.83. The second-order valence-corrected chi connectivity index (χ2v) is 8.21. The highest BCUT2D eigenvalue weighted by Crippen LogP contribution is 2.28. The van der Waals surface area contributed by atoms with Crippen LogP contribution in [0.4, 0.5) is 5.82 Å². The molecule has 0 radical (unpaired) electrons. The van der Waals surface area contributed by atoms with Gasteiger partial charge in [-0.3, -0.25) is 4.79 Å². The second kappa shape index (κ2) is 8.23. The van der Waals surface area contributed by atoms with Crippen molar-refractivity contribution in [1.29, 1.82) is 0 Å². The van der Waals surface area contributed by atoms with Gasteiger partial charge in [0.05, 0.1) is 5.52 Å². The summed E-state index contributed by atoms with van der Waals surface area (Å²) in [4.78, 5) is 24.8. The Morgan fingerprint density at radius 2 is 2.11 bits per heavy atom. The van der Waals surface area contributed by atoms with E-state index in [2.05, 4.69) is 31.6 Å². The summed E-state index contributed by atoms with van der Waals surface area (Å²) in [6.07, 6.45) is 4.16. The Labute approximate surface area is 167 Å². The van der Waals surface area contributed by atoms with Crippen molar-refractivity contribution < 1.29 is 4.79 Å². The number of nitrogens with zero attached hydrogens (tertiary/aromatic N) is 3. The van der Waals surface area contributed by atoms with E-state index in [0.29, 0.717) is 11.6 Å². The van der Waals surface area contributed by atoms with Gasteiger partial charge in [0.15, 0.2) is 0 Å². The molecule has 1 aliphatic rings. The minimum absolute atomic E-state index is 0.0760. The van der Waals surface area contributed by atoms with E-state index in [0.717, 1.165) is 49.1 Å². The highest BCUT2D eigenvalue weighted by atomic mass is 35.5. The lowest BCUT2D eigenvalue weighted by Crippen LogP contribution is -2.41. The average molecular weight is 401 g/mol. The van der Waals surface area contributed by atoms with Crippen LogP contribution in [0.1, 0.15) is 17.7 Å². The predicted octanol–water partition coefficient (Wildman–Crippen LogP) is 3.92. The Hall–Kier alpha value is -2.18. The van der Waals surface area contributed by atoms with Crippen molar-refractivity contribution in [2.24, 2.45) is 5.92 Å². The molecule has 0 bridgehead atoms. The molecule has 1 fully saturated rings. The molecule has 0 saturated carbocycles. The van der Waals surface area contributed by atoms with Crippen LogP contribution in [-0.4, -0.2) is 35.5 Å². The molecular formula is C20H21ClN4OS. The number of hydrogen-bond donors (Lipinski definition) is 1. The Morgan fingerprint density at radius 1 is 1.26 bits per heavy atom. The fourth-order valence-electron chi connectivity index (χ4n) is 3.53. The number of hydrogen-bond acceptors (Lipinski definition) is 5. The van der Waals surface area contributed by atoms with Crippen molar-refractivity contribution in [2.75, 3.05) is 24.5 Å². The zero-order valence-corrected chi connectivity index (χ0v) is 16.5. The number of carbonyl (C=O) groups excluding carboxylic acids is 1. The van der Waals surface area contributed by atoms with Crippen LogP contribution in [0.2, 0.25) is 5.02 Å². The average Bonchev–Trinajstić information content (AvgIpc) is 3.21. The number of amides is 1. The molecule has 1 amide bonds. The number of fused-ring (bicyclic) bond motifs is 1. The lowest BCUT2D eigenvalue weighted by Gasteiger charge is -2.32. The molecule has 3 heterocycles. The Balaban J connectivity index is 1.34. The minimum Gasteiger partial charge on any atom is -0.356 e. The number of thiophene rings is 1. The smallest absolute Gasteiger partial charge is 0.223 e. The van der Waals surface area contributed by atoms with Gasteiger partial charge in [-0.1, -0.05) is 17.7 Å². The molecule has 1 saturated heterocycles. The van der Waals surface area contributed by atoms with Crippen molar-refractivity contribution in [3.05, 3.63) is 51.9 Å². The third kappa shape index (κ3) is 4.22. The minimum atomic E-state index is 0.0760. The third-order valence-corrected chi connectivity index (χ3v) is 6.16. The molecule has 1 aromatic carbocycles. The van der Waals surface area contributed by atoms with E-state index in [1.54, 1.807) is 17.7 Å². The summed E-state index contributed by atoms with van der Waals surface area (Å²) in [6.45, 7) is 2.34. The molecule has 0 unspecified atom stereocenters. The Morgan fingerprint density at radius 3 is 2.89 bits per heavy atom. The van der Waals surface area contributed by atoms with Crippen LogP contribution in [0.25, 0.3) is 10.9 Å². The van der Waals surface area contributed by atoms with Gasteiger partial charge in [-0.25, -0.2) is 9.97 Å². The normalized spacial score (nSPS) is 15.2. The van der Waals surface area contributed by atoms with Crippen LogP contribution in [0.3, 0.4) is 0 Å². The van der Waals surface area contributed by atoms with Crippen LogP contribution in [0, 0.1) is 5.92 Å². The topological polar surface area (TPSA) is 58.1 Å². The lowest BCUT2D eigenvalue weighted by molar-refractivity contribution is -0.125. The number of halogens is 1. The number of nitrogens with one attached hydrogen (secondary N) is 1. The van der Waals surface area contributed by atoms with Crippen LogP contribution in [0.15, 0.2) is 42.0 Å². The van der Waals surface area contributed by atoms with Gasteiger partial charge in [0.25, 0.3) is 0 Å². The fraction of sp³-hybridized carbons (Fsp3) is 0.350. The molecule has 27 heavy (non-hydrogen) atoms. The zero-order chi connectivity index (χ0) is 18.6. The second-order valence-electron chi connectivity index (χ2n) is 6.74. The number of benzene rings is 1. The van der Waals surface area contributed by atoms with E-state index >= 15 is 0 Å². The maximum atomic E-state index is 12.5. The molecule has 3 aromatic rings. The van der Waals surface area contributed by atoms with Gasteiger partial charge in [0.1, 0.15) is 12.1 Å². The first-order valence-electron chi connectivity index (χ1n) is 9.16. The molecule has 7 heteroatoms. The van der Waals surface area contributed by atoms with E-state index in [1.165, 1.54) is 4.88 Å². The summed E-state index contributed by atoms with van der Waals surface area (Å²) < 4.78 is 0. The van der Waals surface area contributed by atoms with Crippen LogP contribution in [-0.2, 0) is 11.2 Å². The van der Waals surface area contributed by atoms with Gasteiger partial charge < -0.3 is 10.2 Å². The highest BCUT2D eigenvalue weighted by molar-refractivity contribution is 7.09. The SMILES string of the molecule is O=C(NCCc1cccs1)C1CCN(c2ncnc3cc(Cl)ccc23)CC1. The number of aromatic nitrogens is 2. The third-order valence-electron chi connectivity index (χ3n) is 4.99. The summed E-state index contributed by atoms with van der Waals surface area (Å²) in [5.41, 5.74) is 0.848. The molecule has 0 atom stereocenters. The van der Waals surface area contributed by atoms with Crippen LogP contribution < -0.4 is 10.2 Å². The molecule has 1 N–H and O–H groups in total. The first kappa shape index (κ1) is 18.2. The van der Waals surface area contributed by atoms with Gasteiger partial charge in [-0.05, 0) is 48.9 Å². The van der Waals surface area contributed by atoms with E-state index in [9.17, 15) is 4.79 Å². The molecule has 1 aliphatic heterocycles. The molecule has 0 spiro atoms. The van der Waals surface area contributed by atoms with Crippen molar-refractivity contribution in [2.45, 2.75) is 19.3 Å². The maximum absolute atomic E-state index is 12.5. The Bertz CT molecular complexity index is 923. The molecular weight excluding hydrogens is 380 g/mol. The standard InChI is InChI=1S/C20H21ClN4OS/c21-15-3-4-17-18(12-15)23-13-24-19(17)25-9-6-14(7-10-25)20(26)22-8-5-16-2-1-11-27-16/h1-4,11-14H,5-10H2,(H,22,26). The molecule has 5 nitrogen and oxygen atoms in total. The van der Waals surface area contributed by atoms with Gasteiger partial charge in [-0.2, -0.15) is 0 Å². The lowest BCUT2D eigenvalue weighted by atomic mass is 9.95. The summed E-state index contributed by atoms with van der Waals surface area (Å²) in [7, 11) is 0. The monoisotopic (exact) mass is 400 g/mol. The predicted molar refractivity (Wildman–Crippen MR) is 111 cm³/mol. The molecule has 4 rings (SSSR count). The maximum Gasteiger partial charge on any atom is 0.223 e. The first-order chi connectivity index (χ1) is 13.2. The van der Waals surface area contributed by atoms with E-state index in [4.69, 9.17) is 11.6 Å². The van der Waals surface area contributed by atoms with Crippen molar-refractivity contribution >= 4 is 45.6 Å². The summed E-state index contributed by atoms with van der Waals surface area (Å²) >= 11 is 7.80. The molecule has 2 aromatic heterocycles. The number of piperidine rings is 1. The summed E-state index contributed by atoms with van der Waals surface area (Å²) in [5.74, 6) is 1.17. The van der Waals surface area contributed by atoms with Crippen LogP contribution >= 0.6 is 22.9 Å². The van der Waals surface area contributed by atoms with E-state index in [1.807, 2.05) is 24.3 Å². The molecule has 140 valence electrons. The number of rotatable bonds is 5. The zero-order valence-electron chi connectivity index (χ0n) is 14.9. The first-order valence-corrected chi connectivity index (χ1v) is 10.4. The molecule has 0 aliphatic carbocycles. The van der Waals surface area contributed by atoms with Crippen molar-refractivity contribution in [1.82, 2.24) is 15.3 Å². The number of carbonyl (C=O) groups is 1. The highest BCUT2D eigenvalue weighted by Gasteiger charge is 2.26. The van der Waals surface area contributed by atoms with Gasteiger partial charge >= 0.3 is 0 Å². The van der Waals surface area contributed by atoms with Gasteiger partial charge in [0.2, 0.25) is 5.91 Å². The van der Waals surface area contributed by atoms with Crippen LogP contribution in [0.5, 0.6) is 0 Å². The summed E-state index contributed by atoms with van der Waals surface area (Å²) in [6, 6.07) is 9.84. The number of anilines is 1. The van der Waals surface area contributed by atoms with Crippen molar-refractivity contribution in [3.63, 3.8) is 0 Å². The van der Waals surface area contributed by atoms with Gasteiger partial charge in [0, 0.05) is 40.8 Å². The van der Waals surface area contributed by atoms with Crippen molar-refractivity contribution in [3.8, 4) is 0 Å². The quantitative estimate of drug-likeness (QED) is 0.705. The Kier molecular flexibility index (Phi) is 5.55. The van der Waals surface area contributed by atoms with Gasteiger partial charge in [-0.15, -0.1) is 11.3 Å². The largest absolute Gasteiger partial charge is 0.356 e. The van der Waals surface area contributed by atoms with E-state index < -0.39 is 0 Å². The van der Waals surface area contributed by atoms with E-state index in [-0.39, 0.29) is 11.8 Å². The fourth-order valence-corrected chi connectivity index (χ4v) is 4.40.